The summed E-state index contributed by atoms with van der Waals surface area (Å²) in [6, 6.07) is 7.33. The monoisotopic (exact) mass is 382 g/mol. The van der Waals surface area contributed by atoms with Gasteiger partial charge in [0.05, 0.1) is 12.2 Å². The highest BCUT2D eigenvalue weighted by Gasteiger charge is 2.22. The van der Waals surface area contributed by atoms with E-state index in [9.17, 15) is 4.79 Å². The smallest absolute Gasteiger partial charge is 0.259 e. The molecule has 9 heteroatoms. The summed E-state index contributed by atoms with van der Waals surface area (Å²) < 4.78 is 5.63. The van der Waals surface area contributed by atoms with E-state index < -0.39 is 0 Å². The van der Waals surface area contributed by atoms with Gasteiger partial charge < -0.3 is 10.1 Å². The molecule has 1 aliphatic carbocycles. The Labute approximate surface area is 160 Å². The molecule has 3 aromatic heterocycles. The van der Waals surface area contributed by atoms with Gasteiger partial charge in [-0.3, -0.25) is 10.1 Å². The van der Waals surface area contributed by atoms with Gasteiger partial charge in [-0.2, -0.15) is 0 Å². The molecule has 0 saturated heterocycles. The molecule has 27 heavy (non-hydrogen) atoms. The molecule has 3 aromatic rings. The van der Waals surface area contributed by atoms with Crippen molar-refractivity contribution in [1.82, 2.24) is 20.2 Å². The van der Waals surface area contributed by atoms with Crippen LogP contribution in [0.15, 0.2) is 42.2 Å². The van der Waals surface area contributed by atoms with Crippen LogP contribution >= 0.6 is 11.3 Å². The van der Waals surface area contributed by atoms with Crippen molar-refractivity contribution >= 4 is 28.2 Å². The minimum Gasteiger partial charge on any atom is -0.477 e. The zero-order chi connectivity index (χ0) is 18.5. The number of amides is 1. The predicted molar refractivity (Wildman–Crippen MR) is 102 cm³/mol. The molecule has 0 bridgehead atoms. The van der Waals surface area contributed by atoms with E-state index in [0.29, 0.717) is 34.9 Å². The zero-order valence-electron chi connectivity index (χ0n) is 14.5. The maximum atomic E-state index is 12.1. The van der Waals surface area contributed by atoms with Crippen LogP contribution in [-0.2, 0) is 6.54 Å². The second-order valence-electron chi connectivity index (χ2n) is 6.24. The summed E-state index contributed by atoms with van der Waals surface area (Å²) in [6.45, 7) is 1.34. The van der Waals surface area contributed by atoms with Crippen LogP contribution in [0.3, 0.4) is 0 Å². The van der Waals surface area contributed by atoms with Crippen LogP contribution < -0.4 is 15.4 Å². The summed E-state index contributed by atoms with van der Waals surface area (Å²) >= 11 is 1.26. The molecular weight excluding hydrogens is 364 g/mol. The van der Waals surface area contributed by atoms with Crippen molar-refractivity contribution in [2.45, 2.75) is 19.4 Å². The van der Waals surface area contributed by atoms with E-state index in [1.54, 1.807) is 23.8 Å². The maximum absolute atomic E-state index is 12.1. The van der Waals surface area contributed by atoms with E-state index in [2.05, 4.69) is 30.8 Å². The fourth-order valence-electron chi connectivity index (χ4n) is 2.31. The van der Waals surface area contributed by atoms with Gasteiger partial charge in [0.2, 0.25) is 11.0 Å². The van der Waals surface area contributed by atoms with Crippen LogP contribution in [0.2, 0.25) is 0 Å². The molecule has 0 radical (unpaired) electrons. The Bertz CT molecular complexity index is 879. The number of aromatic nitrogens is 4. The van der Waals surface area contributed by atoms with Crippen LogP contribution in [0, 0.1) is 5.92 Å². The van der Waals surface area contributed by atoms with Gasteiger partial charge in [0.1, 0.15) is 11.3 Å². The fourth-order valence-corrected chi connectivity index (χ4v) is 2.75. The lowest BCUT2D eigenvalue weighted by molar-refractivity contribution is 0.102. The molecule has 1 amide bonds. The van der Waals surface area contributed by atoms with Gasteiger partial charge in [-0.1, -0.05) is 17.4 Å². The molecule has 4 rings (SSSR count). The van der Waals surface area contributed by atoms with Crippen molar-refractivity contribution in [1.29, 1.82) is 0 Å². The van der Waals surface area contributed by atoms with Crippen molar-refractivity contribution in [2.75, 3.05) is 17.2 Å². The third-order valence-electron chi connectivity index (χ3n) is 4.04. The van der Waals surface area contributed by atoms with Gasteiger partial charge in [-0.05, 0) is 36.5 Å². The lowest BCUT2D eigenvalue weighted by Gasteiger charge is -2.08. The molecule has 0 unspecified atom stereocenters. The van der Waals surface area contributed by atoms with Crippen LogP contribution in [0.5, 0.6) is 5.88 Å². The van der Waals surface area contributed by atoms with Crippen LogP contribution in [0.4, 0.5) is 10.9 Å². The average molecular weight is 382 g/mol. The number of carbonyl (C=O) groups is 1. The topological polar surface area (TPSA) is 102 Å². The van der Waals surface area contributed by atoms with Crippen LogP contribution in [0.25, 0.3) is 0 Å². The molecule has 138 valence electrons. The molecule has 1 fully saturated rings. The van der Waals surface area contributed by atoms with Gasteiger partial charge in [0.25, 0.3) is 5.91 Å². The number of nitrogens with zero attached hydrogens (tertiary/aromatic N) is 4. The summed E-state index contributed by atoms with van der Waals surface area (Å²) in [4.78, 5) is 20.7. The zero-order valence-corrected chi connectivity index (χ0v) is 15.3. The first kappa shape index (κ1) is 17.3. The lowest BCUT2D eigenvalue weighted by Crippen LogP contribution is -2.12. The van der Waals surface area contributed by atoms with Crippen molar-refractivity contribution in [3.05, 3.63) is 53.3 Å². The normalized spacial score (nSPS) is 13.2. The first-order chi connectivity index (χ1) is 13.3. The van der Waals surface area contributed by atoms with Crippen molar-refractivity contribution in [3.8, 4) is 5.88 Å². The van der Waals surface area contributed by atoms with Crippen molar-refractivity contribution in [2.24, 2.45) is 5.92 Å². The van der Waals surface area contributed by atoms with Gasteiger partial charge in [0.15, 0.2) is 0 Å². The van der Waals surface area contributed by atoms with E-state index in [0.717, 1.165) is 12.2 Å². The third kappa shape index (κ3) is 4.98. The maximum Gasteiger partial charge on any atom is 0.259 e. The first-order valence-electron chi connectivity index (χ1n) is 8.61. The van der Waals surface area contributed by atoms with Gasteiger partial charge in [0, 0.05) is 25.0 Å². The number of rotatable bonds is 8. The predicted octanol–water partition coefficient (Wildman–Crippen LogP) is 2.98. The van der Waals surface area contributed by atoms with E-state index in [1.807, 2.05) is 12.1 Å². The van der Waals surface area contributed by atoms with Crippen LogP contribution in [-0.4, -0.2) is 32.7 Å². The molecule has 2 N–H and O–H groups in total. The second-order valence-corrected chi connectivity index (χ2v) is 7.08. The Morgan fingerprint density at radius 3 is 2.78 bits per heavy atom. The molecule has 8 nitrogen and oxygen atoms in total. The highest BCUT2D eigenvalue weighted by Crippen LogP contribution is 2.29. The second kappa shape index (κ2) is 8.09. The summed E-state index contributed by atoms with van der Waals surface area (Å²) in [7, 11) is 0. The van der Waals surface area contributed by atoms with Crippen LogP contribution in [0.1, 0.15) is 28.8 Å². The highest BCUT2D eigenvalue weighted by atomic mass is 32.1. The lowest BCUT2D eigenvalue weighted by atomic mass is 10.2. The summed E-state index contributed by atoms with van der Waals surface area (Å²) in [5.41, 5.74) is 3.03. The van der Waals surface area contributed by atoms with E-state index >= 15 is 0 Å². The van der Waals surface area contributed by atoms with Crippen molar-refractivity contribution < 1.29 is 9.53 Å². The molecule has 0 spiro atoms. The van der Waals surface area contributed by atoms with Gasteiger partial charge in [-0.25, -0.2) is 9.97 Å². The highest BCUT2D eigenvalue weighted by molar-refractivity contribution is 7.13. The SMILES string of the molecule is O=C(Nc1nncs1)c1ccc(NCc2ccc(OCC3CC3)nc2)nc1. The minimum atomic E-state index is -0.267. The molecule has 0 atom stereocenters. The largest absolute Gasteiger partial charge is 0.477 e. The first-order valence-corrected chi connectivity index (χ1v) is 9.49. The van der Waals surface area contributed by atoms with Gasteiger partial charge in [-0.15, -0.1) is 10.2 Å². The van der Waals surface area contributed by atoms with E-state index in [4.69, 9.17) is 4.74 Å². The summed E-state index contributed by atoms with van der Waals surface area (Å²) in [5.74, 6) is 1.78. The average Bonchev–Trinajstić information content (AvgIpc) is 3.40. The molecule has 1 saturated carbocycles. The Hall–Kier alpha value is -3.07. The van der Waals surface area contributed by atoms with E-state index in [1.165, 1.54) is 30.4 Å². The minimum absolute atomic E-state index is 0.267. The standard InChI is InChI=1S/C18H18N6O2S/c25-17(23-18-24-22-11-27-18)14-4-5-15(20-9-14)19-7-13-3-6-16(21-8-13)26-10-12-1-2-12/h3-6,8-9,11-12H,1-2,7,10H2,(H,19,20)(H,23,24,25). The Balaban J connectivity index is 1.27. The molecule has 1 aliphatic rings. The molecular formula is C18H18N6O2S. The summed E-state index contributed by atoms with van der Waals surface area (Å²) in [6.07, 6.45) is 5.83. The Morgan fingerprint density at radius 2 is 2.11 bits per heavy atom. The molecule has 3 heterocycles. The number of pyridine rings is 2. The quantitative estimate of drug-likeness (QED) is 0.617. The number of hydrogen-bond acceptors (Lipinski definition) is 8. The number of nitrogens with one attached hydrogen (secondary N) is 2. The van der Waals surface area contributed by atoms with Crippen molar-refractivity contribution in [3.63, 3.8) is 0 Å². The molecule has 0 aromatic carbocycles. The van der Waals surface area contributed by atoms with E-state index in [-0.39, 0.29) is 5.91 Å². The fraction of sp³-hybridized carbons (Fsp3) is 0.278. The number of hydrogen-bond donors (Lipinski definition) is 2. The Morgan fingerprint density at radius 1 is 1.19 bits per heavy atom. The number of carbonyl (C=O) groups excluding carboxylic acids is 1. The number of anilines is 2. The number of ether oxygens (including phenoxy) is 1. The van der Waals surface area contributed by atoms with Gasteiger partial charge >= 0.3 is 0 Å². The summed E-state index contributed by atoms with van der Waals surface area (Å²) in [5, 5.41) is 13.8. The molecule has 0 aliphatic heterocycles. The Kier molecular flexibility index (Phi) is 5.20. The third-order valence-corrected chi connectivity index (χ3v) is 4.65.